The van der Waals surface area contributed by atoms with Crippen molar-refractivity contribution in [1.29, 1.82) is 0 Å². The van der Waals surface area contributed by atoms with Crippen LogP contribution in [0.4, 0.5) is 0 Å². The van der Waals surface area contributed by atoms with Crippen molar-refractivity contribution in [2.24, 2.45) is 10.9 Å². The number of nitrogens with zero attached hydrogens (tertiary/aromatic N) is 3. The van der Waals surface area contributed by atoms with Crippen LogP contribution < -0.4 is 10.6 Å². The van der Waals surface area contributed by atoms with E-state index in [9.17, 15) is 0 Å². The molecule has 1 heterocycles. The molecule has 0 radical (unpaired) electrons. The first kappa shape index (κ1) is 23.0. The monoisotopic (exact) mass is 405 g/mol. The molecule has 1 aromatic rings. The zero-order valence-corrected chi connectivity index (χ0v) is 19.2. The highest BCUT2D eigenvalue weighted by Gasteiger charge is 2.17. The molecule has 0 amide bonds. The van der Waals surface area contributed by atoms with Crippen molar-refractivity contribution in [1.82, 2.24) is 20.4 Å². The van der Waals surface area contributed by atoms with E-state index < -0.39 is 0 Å². The van der Waals surface area contributed by atoms with Gasteiger partial charge in [0.25, 0.3) is 0 Å². The fraction of sp³-hybridized carbons (Fsp3) is 0.682. The van der Waals surface area contributed by atoms with Crippen molar-refractivity contribution in [2.75, 3.05) is 58.6 Å². The van der Waals surface area contributed by atoms with Crippen molar-refractivity contribution >= 4 is 17.7 Å². The van der Waals surface area contributed by atoms with Crippen LogP contribution in [0.3, 0.4) is 0 Å². The molecule has 0 aromatic heterocycles. The molecule has 1 fully saturated rings. The normalized spacial score (nSPS) is 17.5. The molecule has 0 aliphatic carbocycles. The highest BCUT2D eigenvalue weighted by atomic mass is 32.2. The molecule has 5 nitrogen and oxygen atoms in total. The van der Waals surface area contributed by atoms with Crippen LogP contribution in [0.2, 0.25) is 0 Å². The third kappa shape index (κ3) is 7.64. The lowest BCUT2D eigenvalue weighted by molar-refractivity contribution is 0.124. The van der Waals surface area contributed by atoms with E-state index in [2.05, 4.69) is 72.6 Å². The van der Waals surface area contributed by atoms with Crippen LogP contribution in [0.1, 0.15) is 31.9 Å². The number of aryl methyl sites for hydroxylation is 1. The highest BCUT2D eigenvalue weighted by molar-refractivity contribution is 7.98. The highest BCUT2D eigenvalue weighted by Crippen LogP contribution is 2.22. The average molecular weight is 406 g/mol. The van der Waals surface area contributed by atoms with Gasteiger partial charge in [0, 0.05) is 50.7 Å². The van der Waals surface area contributed by atoms with Gasteiger partial charge in [0.15, 0.2) is 5.96 Å². The summed E-state index contributed by atoms with van der Waals surface area (Å²) in [6, 6.07) is 6.62. The predicted octanol–water partition coefficient (Wildman–Crippen LogP) is 3.05. The predicted molar refractivity (Wildman–Crippen MR) is 123 cm³/mol. The van der Waals surface area contributed by atoms with E-state index >= 15 is 0 Å². The zero-order chi connectivity index (χ0) is 20.4. The first-order valence-corrected chi connectivity index (χ1v) is 11.9. The minimum absolute atomic E-state index is 0.596. The molecule has 1 saturated heterocycles. The average Bonchev–Trinajstić information content (AvgIpc) is 2.71. The molecule has 1 unspecified atom stereocenters. The number of guanidine groups is 1. The molecular formula is C22H39N5S. The maximum atomic E-state index is 4.82. The summed E-state index contributed by atoms with van der Waals surface area (Å²) in [5.41, 5.74) is 2.59. The van der Waals surface area contributed by atoms with E-state index in [-0.39, 0.29) is 0 Å². The molecule has 28 heavy (non-hydrogen) atoms. The van der Waals surface area contributed by atoms with Crippen LogP contribution in [0.5, 0.6) is 0 Å². The molecule has 0 bridgehead atoms. The minimum Gasteiger partial charge on any atom is -0.357 e. The summed E-state index contributed by atoms with van der Waals surface area (Å²) >= 11 is 1.79. The van der Waals surface area contributed by atoms with Crippen LogP contribution in [-0.4, -0.2) is 74.4 Å². The van der Waals surface area contributed by atoms with Gasteiger partial charge in [-0.1, -0.05) is 26.0 Å². The van der Waals surface area contributed by atoms with E-state index in [1.165, 1.54) is 48.7 Å². The Hall–Kier alpha value is -1.24. The van der Waals surface area contributed by atoms with Gasteiger partial charge in [0.2, 0.25) is 0 Å². The number of thioether (sulfide) groups is 1. The lowest BCUT2D eigenvalue weighted by Crippen LogP contribution is -2.48. The number of benzene rings is 1. The van der Waals surface area contributed by atoms with Gasteiger partial charge < -0.3 is 20.4 Å². The third-order valence-electron chi connectivity index (χ3n) is 5.29. The van der Waals surface area contributed by atoms with Gasteiger partial charge >= 0.3 is 0 Å². The van der Waals surface area contributed by atoms with E-state index in [1.807, 2.05) is 0 Å². The smallest absolute Gasteiger partial charge is 0.191 e. The number of aliphatic imine (C=N–C) groups is 1. The molecule has 1 atom stereocenters. The Balaban J connectivity index is 1.84. The van der Waals surface area contributed by atoms with Gasteiger partial charge in [0.05, 0.1) is 6.54 Å². The van der Waals surface area contributed by atoms with Crippen molar-refractivity contribution in [3.05, 3.63) is 29.3 Å². The molecule has 0 spiro atoms. The molecule has 1 aliphatic rings. The zero-order valence-electron chi connectivity index (χ0n) is 18.4. The second kappa shape index (κ2) is 12.3. The molecule has 1 aromatic carbocycles. The second-order valence-electron chi connectivity index (χ2n) is 7.73. The fourth-order valence-corrected chi connectivity index (χ4v) is 4.25. The molecule has 1 aliphatic heterocycles. The SMILES string of the molecule is CCNC(=NCc1ccc(C)cc1SC)NCC(C)CN1CCN(CC)CC1. The Morgan fingerprint density at radius 2 is 1.86 bits per heavy atom. The van der Waals surface area contributed by atoms with Crippen molar-refractivity contribution < 1.29 is 0 Å². The summed E-state index contributed by atoms with van der Waals surface area (Å²) in [5, 5.41) is 6.93. The summed E-state index contributed by atoms with van der Waals surface area (Å²) in [6.07, 6.45) is 2.13. The Bertz CT molecular complexity index is 611. The van der Waals surface area contributed by atoms with Gasteiger partial charge in [-0.15, -0.1) is 11.8 Å². The molecule has 6 heteroatoms. The van der Waals surface area contributed by atoms with Crippen LogP contribution in [-0.2, 0) is 6.54 Å². The van der Waals surface area contributed by atoms with Gasteiger partial charge in [-0.25, -0.2) is 4.99 Å². The van der Waals surface area contributed by atoms with E-state index in [0.717, 1.165) is 25.6 Å². The fourth-order valence-electron chi connectivity index (χ4n) is 3.55. The summed E-state index contributed by atoms with van der Waals surface area (Å²) in [7, 11) is 0. The molecule has 158 valence electrons. The summed E-state index contributed by atoms with van der Waals surface area (Å²) in [6.45, 7) is 18.5. The summed E-state index contributed by atoms with van der Waals surface area (Å²) < 4.78 is 0. The maximum absolute atomic E-state index is 4.82. The topological polar surface area (TPSA) is 42.9 Å². The van der Waals surface area contributed by atoms with Gasteiger partial charge in [-0.2, -0.15) is 0 Å². The standard InChI is InChI=1S/C22H39N5S/c1-6-23-22(25-16-20-9-8-18(3)14-21(20)28-5)24-15-19(4)17-27-12-10-26(7-2)11-13-27/h8-9,14,19H,6-7,10-13,15-17H2,1-5H3,(H2,23,24,25). The molecule has 2 rings (SSSR count). The summed E-state index contributed by atoms with van der Waals surface area (Å²) in [4.78, 5) is 11.3. The number of hydrogen-bond donors (Lipinski definition) is 2. The quantitative estimate of drug-likeness (QED) is 0.376. The Morgan fingerprint density at radius 3 is 2.50 bits per heavy atom. The van der Waals surface area contributed by atoms with E-state index in [4.69, 9.17) is 4.99 Å². The van der Waals surface area contributed by atoms with Crippen molar-refractivity contribution in [2.45, 2.75) is 39.1 Å². The minimum atomic E-state index is 0.596. The van der Waals surface area contributed by atoms with E-state index in [0.29, 0.717) is 12.5 Å². The number of likely N-dealkylation sites (N-methyl/N-ethyl adjacent to an activating group) is 1. The van der Waals surface area contributed by atoms with Crippen molar-refractivity contribution in [3.63, 3.8) is 0 Å². The Morgan fingerprint density at radius 1 is 1.14 bits per heavy atom. The Labute approximate surface area is 176 Å². The largest absolute Gasteiger partial charge is 0.357 e. The maximum Gasteiger partial charge on any atom is 0.191 e. The molecular weight excluding hydrogens is 366 g/mol. The van der Waals surface area contributed by atoms with Gasteiger partial charge in [-0.05, 0) is 49.8 Å². The van der Waals surface area contributed by atoms with Crippen LogP contribution in [0.25, 0.3) is 0 Å². The Kier molecular flexibility index (Phi) is 10.2. The van der Waals surface area contributed by atoms with Crippen LogP contribution in [0.15, 0.2) is 28.1 Å². The van der Waals surface area contributed by atoms with Crippen molar-refractivity contribution in [3.8, 4) is 0 Å². The second-order valence-corrected chi connectivity index (χ2v) is 8.58. The van der Waals surface area contributed by atoms with Gasteiger partial charge in [-0.3, -0.25) is 0 Å². The lowest BCUT2D eigenvalue weighted by Gasteiger charge is -2.35. The van der Waals surface area contributed by atoms with Gasteiger partial charge in [0.1, 0.15) is 0 Å². The summed E-state index contributed by atoms with van der Waals surface area (Å²) in [5.74, 6) is 1.51. The van der Waals surface area contributed by atoms with Crippen LogP contribution >= 0.6 is 11.8 Å². The number of rotatable bonds is 9. The first-order chi connectivity index (χ1) is 13.5. The van der Waals surface area contributed by atoms with Crippen LogP contribution in [0, 0.1) is 12.8 Å². The van der Waals surface area contributed by atoms with E-state index in [1.54, 1.807) is 11.8 Å². The number of piperazine rings is 1. The molecule has 0 saturated carbocycles. The molecule has 2 N–H and O–H groups in total. The lowest BCUT2D eigenvalue weighted by atomic mass is 10.1. The number of hydrogen-bond acceptors (Lipinski definition) is 4. The first-order valence-electron chi connectivity index (χ1n) is 10.7. The number of nitrogens with one attached hydrogen (secondary N) is 2. The third-order valence-corrected chi connectivity index (χ3v) is 6.11.